The van der Waals surface area contributed by atoms with Crippen molar-refractivity contribution in [3.05, 3.63) is 48.0 Å². The van der Waals surface area contributed by atoms with Crippen LogP contribution in [0.3, 0.4) is 0 Å². The van der Waals surface area contributed by atoms with Gasteiger partial charge in [0.2, 0.25) is 5.91 Å². The molecule has 0 aromatic heterocycles. The summed E-state index contributed by atoms with van der Waals surface area (Å²) in [6, 6.07) is 13.5. The van der Waals surface area contributed by atoms with Gasteiger partial charge in [-0.1, -0.05) is 37.3 Å². The number of hydrogen-bond donors (Lipinski definition) is 2. The molecule has 5 nitrogen and oxygen atoms in total. The molecule has 1 atom stereocenters. The predicted molar refractivity (Wildman–Crippen MR) is 99.3 cm³/mol. The molecule has 0 radical (unpaired) electrons. The van der Waals surface area contributed by atoms with Crippen LogP contribution < -0.4 is 11.1 Å². The number of nitrogens with two attached hydrogens (primary N) is 1. The molecule has 0 saturated carbocycles. The van der Waals surface area contributed by atoms with Gasteiger partial charge in [-0.15, -0.1) is 0 Å². The van der Waals surface area contributed by atoms with E-state index in [1.165, 1.54) is 0 Å². The molecule has 2 amide bonds. The van der Waals surface area contributed by atoms with Gasteiger partial charge < -0.3 is 16.0 Å². The van der Waals surface area contributed by atoms with Gasteiger partial charge in [0.25, 0.3) is 5.91 Å². The van der Waals surface area contributed by atoms with Crippen LogP contribution in [0.5, 0.6) is 0 Å². The first-order chi connectivity index (χ1) is 12.0. The summed E-state index contributed by atoms with van der Waals surface area (Å²) in [4.78, 5) is 26.4. The number of likely N-dealkylation sites (tertiary alicyclic amines) is 1. The number of hydrogen-bond acceptors (Lipinski definition) is 3. The summed E-state index contributed by atoms with van der Waals surface area (Å²) in [7, 11) is 0. The second-order valence-corrected chi connectivity index (χ2v) is 7.15. The first-order valence-electron chi connectivity index (χ1n) is 8.76. The van der Waals surface area contributed by atoms with E-state index in [1.54, 1.807) is 0 Å². The Hall–Kier alpha value is -2.40. The summed E-state index contributed by atoms with van der Waals surface area (Å²) in [5.74, 6) is -0.0669. The number of fused-ring (bicyclic) bond motifs is 1. The van der Waals surface area contributed by atoms with Crippen LogP contribution in [0.4, 0.5) is 0 Å². The molecule has 0 aliphatic carbocycles. The van der Waals surface area contributed by atoms with E-state index in [0.717, 1.165) is 23.7 Å². The largest absolute Gasteiger partial charge is 0.352 e. The SMILES string of the molecule is CC1(CN)CCN(C(=O)CCNC(=O)c2ccc3ccccc3c2)C1. The zero-order valence-electron chi connectivity index (χ0n) is 14.6. The molecule has 1 unspecified atom stereocenters. The van der Waals surface area contributed by atoms with Gasteiger partial charge in [-0.2, -0.15) is 0 Å². The van der Waals surface area contributed by atoms with Crippen molar-refractivity contribution in [1.82, 2.24) is 10.2 Å². The number of benzene rings is 2. The molecular weight excluding hydrogens is 314 g/mol. The van der Waals surface area contributed by atoms with E-state index < -0.39 is 0 Å². The second kappa shape index (κ2) is 7.23. The lowest BCUT2D eigenvalue weighted by Crippen LogP contribution is -2.36. The van der Waals surface area contributed by atoms with Crippen LogP contribution in [-0.4, -0.2) is 42.9 Å². The normalized spacial score (nSPS) is 20.0. The highest BCUT2D eigenvalue weighted by molar-refractivity contribution is 5.98. The highest BCUT2D eigenvalue weighted by Crippen LogP contribution is 2.28. The van der Waals surface area contributed by atoms with E-state index in [2.05, 4.69) is 12.2 Å². The number of nitrogens with one attached hydrogen (secondary N) is 1. The van der Waals surface area contributed by atoms with Crippen molar-refractivity contribution in [1.29, 1.82) is 0 Å². The smallest absolute Gasteiger partial charge is 0.251 e. The fourth-order valence-corrected chi connectivity index (χ4v) is 3.28. The molecule has 3 N–H and O–H groups in total. The topological polar surface area (TPSA) is 75.4 Å². The highest BCUT2D eigenvalue weighted by atomic mass is 16.2. The fraction of sp³-hybridized carbons (Fsp3) is 0.400. The summed E-state index contributed by atoms with van der Waals surface area (Å²) in [6.07, 6.45) is 1.26. The third-order valence-electron chi connectivity index (χ3n) is 5.04. The molecule has 1 fully saturated rings. The molecule has 1 heterocycles. The molecule has 0 spiro atoms. The van der Waals surface area contributed by atoms with Gasteiger partial charge in [0, 0.05) is 31.6 Å². The lowest BCUT2D eigenvalue weighted by atomic mass is 9.90. The maximum atomic E-state index is 12.3. The van der Waals surface area contributed by atoms with E-state index in [4.69, 9.17) is 5.73 Å². The van der Waals surface area contributed by atoms with Crippen molar-refractivity contribution in [2.24, 2.45) is 11.1 Å². The van der Waals surface area contributed by atoms with Gasteiger partial charge in [-0.05, 0) is 41.3 Å². The Balaban J connectivity index is 1.51. The summed E-state index contributed by atoms with van der Waals surface area (Å²) in [6.45, 7) is 4.52. The van der Waals surface area contributed by atoms with Gasteiger partial charge in [-0.3, -0.25) is 9.59 Å². The molecule has 2 aromatic rings. The van der Waals surface area contributed by atoms with Crippen molar-refractivity contribution >= 4 is 22.6 Å². The summed E-state index contributed by atoms with van der Waals surface area (Å²) >= 11 is 0. The van der Waals surface area contributed by atoms with Crippen molar-refractivity contribution in [2.75, 3.05) is 26.2 Å². The number of amides is 2. The molecule has 1 aliphatic heterocycles. The first kappa shape index (κ1) is 17.4. The zero-order chi connectivity index (χ0) is 17.9. The Morgan fingerprint density at radius 1 is 1.20 bits per heavy atom. The van der Waals surface area contributed by atoms with Gasteiger partial charge in [-0.25, -0.2) is 0 Å². The average Bonchev–Trinajstić information content (AvgIpc) is 3.04. The number of carbonyl (C=O) groups is 2. The Morgan fingerprint density at radius 2 is 1.96 bits per heavy atom. The third kappa shape index (κ3) is 3.99. The van der Waals surface area contributed by atoms with Crippen molar-refractivity contribution in [3.63, 3.8) is 0 Å². The molecule has 5 heteroatoms. The van der Waals surface area contributed by atoms with Gasteiger partial charge in [0.05, 0.1) is 0 Å². The summed E-state index contributed by atoms with van der Waals surface area (Å²) in [5, 5.41) is 4.98. The Morgan fingerprint density at radius 3 is 2.68 bits per heavy atom. The quantitative estimate of drug-likeness (QED) is 0.876. The zero-order valence-corrected chi connectivity index (χ0v) is 14.6. The van der Waals surface area contributed by atoms with Crippen LogP contribution in [0.25, 0.3) is 10.8 Å². The Labute approximate surface area is 148 Å². The minimum Gasteiger partial charge on any atom is -0.352 e. The Kier molecular flexibility index (Phi) is 5.04. The highest BCUT2D eigenvalue weighted by Gasteiger charge is 2.34. The molecule has 0 bridgehead atoms. The molecule has 1 aliphatic rings. The molecule has 2 aromatic carbocycles. The van der Waals surface area contributed by atoms with E-state index in [9.17, 15) is 9.59 Å². The number of rotatable bonds is 5. The molecular formula is C20H25N3O2. The van der Waals surface area contributed by atoms with E-state index in [0.29, 0.717) is 31.6 Å². The molecule has 132 valence electrons. The predicted octanol–water partition coefficient (Wildman–Crippen LogP) is 2.16. The lowest BCUT2D eigenvalue weighted by Gasteiger charge is -2.22. The summed E-state index contributed by atoms with van der Waals surface area (Å²) < 4.78 is 0. The second-order valence-electron chi connectivity index (χ2n) is 7.15. The van der Waals surface area contributed by atoms with Crippen LogP contribution in [0.2, 0.25) is 0 Å². The van der Waals surface area contributed by atoms with Crippen LogP contribution in [0, 0.1) is 5.41 Å². The fourth-order valence-electron chi connectivity index (χ4n) is 3.28. The number of nitrogens with zero attached hydrogens (tertiary/aromatic N) is 1. The van der Waals surface area contributed by atoms with Crippen LogP contribution in [0.1, 0.15) is 30.1 Å². The van der Waals surface area contributed by atoms with Gasteiger partial charge in [0.1, 0.15) is 0 Å². The van der Waals surface area contributed by atoms with E-state index in [1.807, 2.05) is 47.4 Å². The van der Waals surface area contributed by atoms with Crippen molar-refractivity contribution < 1.29 is 9.59 Å². The minimum atomic E-state index is -0.147. The van der Waals surface area contributed by atoms with Crippen molar-refractivity contribution in [3.8, 4) is 0 Å². The maximum absolute atomic E-state index is 12.3. The minimum absolute atomic E-state index is 0.0317. The van der Waals surface area contributed by atoms with Crippen molar-refractivity contribution in [2.45, 2.75) is 19.8 Å². The van der Waals surface area contributed by atoms with Crippen LogP contribution in [-0.2, 0) is 4.79 Å². The van der Waals surface area contributed by atoms with E-state index in [-0.39, 0.29) is 17.2 Å². The maximum Gasteiger partial charge on any atom is 0.251 e. The lowest BCUT2D eigenvalue weighted by molar-refractivity contribution is -0.130. The number of carbonyl (C=O) groups excluding carboxylic acids is 2. The van der Waals surface area contributed by atoms with Crippen LogP contribution >= 0.6 is 0 Å². The molecule has 3 rings (SSSR count). The standard InChI is InChI=1S/C20H25N3O2/c1-20(13-21)9-11-23(14-20)18(24)8-10-22-19(25)17-7-6-15-4-2-3-5-16(15)12-17/h2-7,12H,8-11,13-14,21H2,1H3,(H,22,25). The third-order valence-corrected chi connectivity index (χ3v) is 5.04. The van der Waals surface area contributed by atoms with Crippen LogP contribution in [0.15, 0.2) is 42.5 Å². The van der Waals surface area contributed by atoms with Gasteiger partial charge >= 0.3 is 0 Å². The Bertz CT molecular complexity index is 789. The first-order valence-corrected chi connectivity index (χ1v) is 8.76. The monoisotopic (exact) mass is 339 g/mol. The molecule has 25 heavy (non-hydrogen) atoms. The molecule has 1 saturated heterocycles. The average molecular weight is 339 g/mol. The summed E-state index contributed by atoms with van der Waals surface area (Å²) in [5.41, 5.74) is 6.42. The van der Waals surface area contributed by atoms with E-state index >= 15 is 0 Å². The van der Waals surface area contributed by atoms with Gasteiger partial charge in [0.15, 0.2) is 0 Å².